The van der Waals surface area contributed by atoms with Crippen LogP contribution in [-0.4, -0.2) is 23.6 Å². The predicted octanol–water partition coefficient (Wildman–Crippen LogP) is 2.09. The van der Waals surface area contributed by atoms with Gasteiger partial charge in [-0.15, -0.1) is 23.2 Å². The van der Waals surface area contributed by atoms with Gasteiger partial charge in [0, 0.05) is 0 Å². The largest absolute Gasteiger partial charge is 0.273 e. The van der Waals surface area contributed by atoms with Crippen LogP contribution in [0.4, 0.5) is 5.69 Å². The minimum atomic E-state index is -0.562. The number of nitrogens with zero attached hydrogens (tertiary/aromatic N) is 2. The van der Waals surface area contributed by atoms with Gasteiger partial charge in [-0.25, -0.2) is 4.90 Å². The maximum Gasteiger partial charge on any atom is 0.248 e. The Bertz CT molecular complexity index is 481. The molecule has 0 spiro atoms. The van der Waals surface area contributed by atoms with E-state index in [1.54, 1.807) is 24.3 Å². The van der Waals surface area contributed by atoms with Gasteiger partial charge in [0.05, 0.1) is 18.2 Å². The zero-order valence-corrected chi connectivity index (χ0v) is 10.9. The number of alkyl halides is 2. The number of benzene rings is 1. The van der Waals surface area contributed by atoms with Crippen molar-refractivity contribution < 1.29 is 9.59 Å². The number of carbonyl (C=O) groups is 2. The summed E-state index contributed by atoms with van der Waals surface area (Å²) >= 11 is 11.0. The molecule has 0 saturated heterocycles. The zero-order valence-electron chi connectivity index (χ0n) is 9.40. The first-order chi connectivity index (χ1) is 8.65. The van der Waals surface area contributed by atoms with Crippen LogP contribution in [0.5, 0.6) is 0 Å². The van der Waals surface area contributed by atoms with Crippen LogP contribution in [0.1, 0.15) is 5.56 Å². The number of rotatable bonds is 4. The zero-order chi connectivity index (χ0) is 13.5. The van der Waals surface area contributed by atoms with Crippen LogP contribution < -0.4 is 4.90 Å². The maximum atomic E-state index is 11.7. The summed E-state index contributed by atoms with van der Waals surface area (Å²) < 4.78 is 0. The smallest absolute Gasteiger partial charge is 0.248 e. The van der Waals surface area contributed by atoms with Gasteiger partial charge in [0.15, 0.2) is 0 Å². The highest BCUT2D eigenvalue weighted by Crippen LogP contribution is 2.22. The maximum absolute atomic E-state index is 11.7. The van der Waals surface area contributed by atoms with Gasteiger partial charge in [0.1, 0.15) is 11.8 Å². The van der Waals surface area contributed by atoms with Crippen molar-refractivity contribution >= 4 is 40.7 Å². The molecule has 0 radical (unpaired) electrons. The van der Waals surface area contributed by atoms with Gasteiger partial charge in [-0.05, 0) is 11.6 Å². The second kappa shape index (κ2) is 7.00. The molecule has 6 heteroatoms. The lowest BCUT2D eigenvalue weighted by Gasteiger charge is -2.21. The molecule has 0 bridgehead atoms. The molecule has 0 heterocycles. The van der Waals surface area contributed by atoms with E-state index in [0.717, 1.165) is 4.90 Å². The summed E-state index contributed by atoms with van der Waals surface area (Å²) in [5.74, 6) is -1.78. The summed E-state index contributed by atoms with van der Waals surface area (Å²) in [6, 6.07) is 8.64. The SMILES string of the molecule is N#CCc1ccccc1N(C(=O)CCl)C(=O)CCl. The Balaban J connectivity index is 3.25. The molecule has 0 unspecified atom stereocenters. The molecular formula is C12H10Cl2N2O2. The summed E-state index contributed by atoms with van der Waals surface area (Å²) in [4.78, 5) is 24.3. The molecule has 0 atom stereocenters. The molecule has 0 aliphatic heterocycles. The summed E-state index contributed by atoms with van der Waals surface area (Å²) in [5, 5.41) is 8.73. The Labute approximate surface area is 115 Å². The van der Waals surface area contributed by atoms with Gasteiger partial charge in [-0.3, -0.25) is 9.59 Å². The van der Waals surface area contributed by atoms with Gasteiger partial charge < -0.3 is 0 Å². The average molecular weight is 285 g/mol. The third-order valence-corrected chi connectivity index (χ3v) is 2.69. The standard InChI is InChI=1S/C12H10Cl2N2O2/c13-7-11(17)16(12(18)8-14)10-4-2-1-3-9(10)5-6-15/h1-4H,5,7-8H2. The Hall–Kier alpha value is -1.57. The van der Waals surface area contributed by atoms with E-state index in [0.29, 0.717) is 11.3 Å². The molecule has 1 rings (SSSR count). The summed E-state index contributed by atoms with van der Waals surface area (Å²) in [7, 11) is 0. The van der Waals surface area contributed by atoms with Gasteiger partial charge >= 0.3 is 0 Å². The molecule has 0 aliphatic carbocycles. The van der Waals surface area contributed by atoms with E-state index in [1.165, 1.54) is 0 Å². The predicted molar refractivity (Wildman–Crippen MR) is 69.7 cm³/mol. The van der Waals surface area contributed by atoms with Crippen LogP contribution in [0.15, 0.2) is 24.3 Å². The normalized spacial score (nSPS) is 9.61. The molecule has 0 fully saturated rings. The topological polar surface area (TPSA) is 61.2 Å². The van der Waals surface area contributed by atoms with Gasteiger partial charge in [-0.1, -0.05) is 18.2 Å². The fourth-order valence-electron chi connectivity index (χ4n) is 1.49. The van der Waals surface area contributed by atoms with Crippen LogP contribution in [-0.2, 0) is 16.0 Å². The fraction of sp³-hybridized carbons (Fsp3) is 0.250. The van der Waals surface area contributed by atoms with Crippen molar-refractivity contribution in [3.8, 4) is 6.07 Å². The monoisotopic (exact) mass is 284 g/mol. The number of anilines is 1. The Kier molecular flexibility index (Phi) is 5.63. The molecule has 94 valence electrons. The number of halogens is 2. The van der Waals surface area contributed by atoms with Gasteiger partial charge in [0.25, 0.3) is 0 Å². The van der Waals surface area contributed by atoms with E-state index in [2.05, 4.69) is 0 Å². The average Bonchev–Trinajstić information content (AvgIpc) is 2.40. The summed E-state index contributed by atoms with van der Waals surface area (Å²) in [5.41, 5.74) is 0.937. The van der Waals surface area contributed by atoms with Crippen LogP contribution in [0.2, 0.25) is 0 Å². The van der Waals surface area contributed by atoms with Crippen molar-refractivity contribution in [1.29, 1.82) is 5.26 Å². The lowest BCUT2D eigenvalue weighted by molar-refractivity contribution is -0.123. The number of imide groups is 1. The van der Waals surface area contributed by atoms with E-state index in [9.17, 15) is 9.59 Å². The summed E-state index contributed by atoms with van der Waals surface area (Å²) in [6.07, 6.45) is 0.0950. The van der Waals surface area contributed by atoms with Crippen molar-refractivity contribution in [1.82, 2.24) is 0 Å². The molecule has 0 saturated carbocycles. The second-order valence-electron chi connectivity index (χ2n) is 3.35. The third kappa shape index (κ3) is 3.22. The molecule has 0 N–H and O–H groups in total. The van der Waals surface area contributed by atoms with Crippen LogP contribution in [0, 0.1) is 11.3 Å². The molecule has 1 aromatic carbocycles. The minimum absolute atomic E-state index is 0.0950. The number of hydrogen-bond acceptors (Lipinski definition) is 3. The molecule has 4 nitrogen and oxygen atoms in total. The van der Waals surface area contributed by atoms with Gasteiger partial charge in [0.2, 0.25) is 11.8 Å². The second-order valence-corrected chi connectivity index (χ2v) is 3.89. The number of nitriles is 1. The first-order valence-corrected chi connectivity index (χ1v) is 6.15. The highest BCUT2D eigenvalue weighted by atomic mass is 35.5. The number of amides is 2. The molecule has 18 heavy (non-hydrogen) atoms. The molecule has 2 amide bonds. The van der Waals surface area contributed by atoms with E-state index in [-0.39, 0.29) is 18.2 Å². The lowest BCUT2D eigenvalue weighted by atomic mass is 10.1. The first-order valence-electron chi connectivity index (χ1n) is 5.08. The van der Waals surface area contributed by atoms with Crippen molar-refractivity contribution in [2.45, 2.75) is 6.42 Å². The highest BCUT2D eigenvalue weighted by Gasteiger charge is 2.23. The molecule has 0 aromatic heterocycles. The number of carbonyl (C=O) groups excluding carboxylic acids is 2. The molecule has 1 aromatic rings. The Morgan fingerprint density at radius 3 is 2.22 bits per heavy atom. The lowest BCUT2D eigenvalue weighted by Crippen LogP contribution is -2.39. The molecule has 0 aliphatic rings. The first kappa shape index (κ1) is 14.5. The quantitative estimate of drug-likeness (QED) is 0.796. The third-order valence-electron chi connectivity index (χ3n) is 2.23. The van der Waals surface area contributed by atoms with Crippen LogP contribution >= 0.6 is 23.2 Å². The fourth-order valence-corrected chi connectivity index (χ4v) is 1.73. The Morgan fingerprint density at radius 2 is 1.72 bits per heavy atom. The van der Waals surface area contributed by atoms with Crippen LogP contribution in [0.25, 0.3) is 0 Å². The van der Waals surface area contributed by atoms with Gasteiger partial charge in [-0.2, -0.15) is 5.26 Å². The van der Waals surface area contributed by atoms with Crippen molar-refractivity contribution in [2.75, 3.05) is 16.7 Å². The Morgan fingerprint density at radius 1 is 1.17 bits per heavy atom. The van der Waals surface area contributed by atoms with Crippen molar-refractivity contribution in [2.24, 2.45) is 0 Å². The van der Waals surface area contributed by atoms with E-state index in [1.807, 2.05) is 6.07 Å². The highest BCUT2D eigenvalue weighted by molar-refractivity contribution is 6.37. The minimum Gasteiger partial charge on any atom is -0.273 e. The van der Waals surface area contributed by atoms with E-state index < -0.39 is 11.8 Å². The van der Waals surface area contributed by atoms with Crippen molar-refractivity contribution in [3.63, 3.8) is 0 Å². The summed E-state index contributed by atoms with van der Waals surface area (Å²) in [6.45, 7) is 0. The van der Waals surface area contributed by atoms with Crippen LogP contribution in [0.3, 0.4) is 0 Å². The van der Waals surface area contributed by atoms with E-state index >= 15 is 0 Å². The van der Waals surface area contributed by atoms with Crippen molar-refractivity contribution in [3.05, 3.63) is 29.8 Å². The molecular weight excluding hydrogens is 275 g/mol. The van der Waals surface area contributed by atoms with E-state index in [4.69, 9.17) is 28.5 Å². The number of para-hydroxylation sites is 1. The number of hydrogen-bond donors (Lipinski definition) is 0.